The van der Waals surface area contributed by atoms with Gasteiger partial charge < -0.3 is 4.42 Å². The van der Waals surface area contributed by atoms with E-state index in [1.807, 2.05) is 0 Å². The number of aromatic nitrogens is 2. The molecule has 4 nitrogen and oxygen atoms in total. The molecule has 0 N–H and O–H groups in total. The van der Waals surface area contributed by atoms with Crippen LogP contribution in [-0.2, 0) is 0 Å². The summed E-state index contributed by atoms with van der Waals surface area (Å²) in [5.74, 6) is 0. The topological polar surface area (TPSA) is 56.0 Å². The zero-order valence-electron chi connectivity index (χ0n) is 5.52. The standard InChI is InChI=1S/C7H4N2O2/c10-3-6-7-5(1-2-11-7)8-4-9-6/h1-4H. The molecule has 0 unspecified atom stereocenters. The number of fused-ring (bicyclic) bond motifs is 1. The van der Waals surface area contributed by atoms with Gasteiger partial charge in [-0.1, -0.05) is 0 Å². The Bertz CT molecular complexity index is 394. The molecule has 0 saturated carbocycles. The number of aldehydes is 1. The van der Waals surface area contributed by atoms with Crippen molar-refractivity contribution in [1.29, 1.82) is 0 Å². The van der Waals surface area contributed by atoms with Crippen molar-refractivity contribution in [1.82, 2.24) is 9.97 Å². The van der Waals surface area contributed by atoms with E-state index in [0.717, 1.165) is 0 Å². The van der Waals surface area contributed by atoms with Gasteiger partial charge in [-0.05, 0) is 0 Å². The van der Waals surface area contributed by atoms with Crippen molar-refractivity contribution < 1.29 is 9.21 Å². The molecular weight excluding hydrogens is 144 g/mol. The lowest BCUT2D eigenvalue weighted by atomic mass is 10.4. The van der Waals surface area contributed by atoms with Crippen LogP contribution in [0.4, 0.5) is 0 Å². The van der Waals surface area contributed by atoms with Crippen molar-refractivity contribution in [3.05, 3.63) is 24.4 Å². The molecule has 0 radical (unpaired) electrons. The number of carbonyl (C=O) groups is 1. The average molecular weight is 148 g/mol. The third-order valence-corrected chi connectivity index (χ3v) is 1.38. The molecule has 0 saturated heterocycles. The second-order valence-corrected chi connectivity index (χ2v) is 2.01. The predicted molar refractivity (Wildman–Crippen MR) is 37.2 cm³/mol. The SMILES string of the molecule is O=Cc1ncnc2ccoc12. The molecule has 0 bridgehead atoms. The zero-order chi connectivity index (χ0) is 7.68. The van der Waals surface area contributed by atoms with E-state index in [4.69, 9.17) is 4.42 Å². The molecule has 2 heterocycles. The first-order chi connectivity index (χ1) is 5.42. The molecule has 2 aromatic heterocycles. The maximum absolute atomic E-state index is 10.4. The van der Waals surface area contributed by atoms with Gasteiger partial charge in [-0.2, -0.15) is 0 Å². The van der Waals surface area contributed by atoms with Crippen LogP contribution in [-0.4, -0.2) is 16.3 Å². The molecule has 0 atom stereocenters. The van der Waals surface area contributed by atoms with E-state index in [0.29, 0.717) is 23.1 Å². The summed E-state index contributed by atoms with van der Waals surface area (Å²) in [6, 6.07) is 1.68. The Morgan fingerprint density at radius 2 is 2.36 bits per heavy atom. The van der Waals surface area contributed by atoms with E-state index in [-0.39, 0.29) is 0 Å². The summed E-state index contributed by atoms with van der Waals surface area (Å²) < 4.78 is 4.98. The summed E-state index contributed by atoms with van der Waals surface area (Å²) in [5.41, 5.74) is 1.39. The molecule has 4 heteroatoms. The van der Waals surface area contributed by atoms with Gasteiger partial charge in [-0.3, -0.25) is 4.79 Å². The third-order valence-electron chi connectivity index (χ3n) is 1.38. The monoisotopic (exact) mass is 148 g/mol. The average Bonchev–Trinajstić information content (AvgIpc) is 2.50. The Hall–Kier alpha value is -1.71. The number of nitrogens with zero attached hydrogens (tertiary/aromatic N) is 2. The van der Waals surface area contributed by atoms with E-state index >= 15 is 0 Å². The number of furan rings is 1. The highest BCUT2D eigenvalue weighted by atomic mass is 16.3. The summed E-state index contributed by atoms with van der Waals surface area (Å²) in [5, 5.41) is 0. The number of rotatable bonds is 1. The molecule has 0 amide bonds. The fraction of sp³-hybridized carbons (Fsp3) is 0. The lowest BCUT2D eigenvalue weighted by Gasteiger charge is -1.88. The lowest BCUT2D eigenvalue weighted by molar-refractivity contribution is 0.111. The van der Waals surface area contributed by atoms with Crippen molar-refractivity contribution in [3.8, 4) is 0 Å². The van der Waals surface area contributed by atoms with Crippen LogP contribution in [0.2, 0.25) is 0 Å². The van der Waals surface area contributed by atoms with Crippen LogP contribution < -0.4 is 0 Å². The number of carbonyl (C=O) groups excluding carboxylic acids is 1. The van der Waals surface area contributed by atoms with Gasteiger partial charge in [0.2, 0.25) is 0 Å². The van der Waals surface area contributed by atoms with E-state index < -0.39 is 0 Å². The van der Waals surface area contributed by atoms with E-state index in [1.54, 1.807) is 6.07 Å². The van der Waals surface area contributed by atoms with Gasteiger partial charge in [0.05, 0.1) is 6.26 Å². The highest BCUT2D eigenvalue weighted by Gasteiger charge is 2.03. The summed E-state index contributed by atoms with van der Waals surface area (Å²) in [6.45, 7) is 0. The fourth-order valence-electron chi connectivity index (χ4n) is 0.892. The van der Waals surface area contributed by atoms with E-state index in [1.165, 1.54) is 12.6 Å². The van der Waals surface area contributed by atoms with Gasteiger partial charge in [0, 0.05) is 6.07 Å². The summed E-state index contributed by atoms with van der Waals surface area (Å²) in [4.78, 5) is 18.0. The van der Waals surface area contributed by atoms with Crippen LogP contribution in [0.1, 0.15) is 10.5 Å². The fourth-order valence-corrected chi connectivity index (χ4v) is 0.892. The molecule has 0 aliphatic rings. The van der Waals surface area contributed by atoms with Gasteiger partial charge in [0.25, 0.3) is 0 Å². The van der Waals surface area contributed by atoms with Crippen LogP contribution in [0, 0.1) is 0 Å². The molecule has 0 aliphatic heterocycles. The minimum atomic E-state index is 0.292. The lowest BCUT2D eigenvalue weighted by Crippen LogP contribution is -1.87. The molecule has 0 spiro atoms. The first kappa shape index (κ1) is 6.03. The summed E-state index contributed by atoms with van der Waals surface area (Å²) in [7, 11) is 0. The van der Waals surface area contributed by atoms with Crippen LogP contribution >= 0.6 is 0 Å². The largest absolute Gasteiger partial charge is 0.460 e. The second kappa shape index (κ2) is 2.16. The molecule has 0 aliphatic carbocycles. The number of hydrogen-bond acceptors (Lipinski definition) is 4. The van der Waals surface area contributed by atoms with E-state index in [9.17, 15) is 4.79 Å². The van der Waals surface area contributed by atoms with Crippen molar-refractivity contribution in [2.24, 2.45) is 0 Å². The molecule has 2 aromatic rings. The molecule has 11 heavy (non-hydrogen) atoms. The van der Waals surface area contributed by atoms with Crippen LogP contribution in [0.15, 0.2) is 23.1 Å². The highest BCUT2D eigenvalue weighted by molar-refractivity contribution is 5.89. The Morgan fingerprint density at radius 3 is 3.18 bits per heavy atom. The van der Waals surface area contributed by atoms with Gasteiger partial charge in [-0.25, -0.2) is 9.97 Å². The van der Waals surface area contributed by atoms with Gasteiger partial charge in [0.15, 0.2) is 11.9 Å². The number of hydrogen-bond donors (Lipinski definition) is 0. The van der Waals surface area contributed by atoms with Crippen molar-refractivity contribution in [3.63, 3.8) is 0 Å². The molecular formula is C7H4N2O2. The molecule has 0 aromatic carbocycles. The highest BCUT2D eigenvalue weighted by Crippen LogP contribution is 2.12. The summed E-state index contributed by atoms with van der Waals surface area (Å²) >= 11 is 0. The van der Waals surface area contributed by atoms with E-state index in [2.05, 4.69) is 9.97 Å². The van der Waals surface area contributed by atoms with Gasteiger partial charge >= 0.3 is 0 Å². The quantitative estimate of drug-likeness (QED) is 0.567. The molecule has 2 rings (SSSR count). The third kappa shape index (κ3) is 0.797. The van der Waals surface area contributed by atoms with Crippen molar-refractivity contribution in [2.75, 3.05) is 0 Å². The normalized spacial score (nSPS) is 10.2. The van der Waals surface area contributed by atoms with Crippen LogP contribution in [0.5, 0.6) is 0 Å². The maximum Gasteiger partial charge on any atom is 0.181 e. The Kier molecular flexibility index (Phi) is 1.18. The molecule has 0 fully saturated rings. The summed E-state index contributed by atoms with van der Waals surface area (Å²) in [6.07, 6.45) is 3.46. The first-order valence-electron chi connectivity index (χ1n) is 3.05. The predicted octanol–water partition coefficient (Wildman–Crippen LogP) is 1.04. The second-order valence-electron chi connectivity index (χ2n) is 2.01. The first-order valence-corrected chi connectivity index (χ1v) is 3.05. The Labute approximate surface area is 61.9 Å². The van der Waals surface area contributed by atoms with Crippen molar-refractivity contribution in [2.45, 2.75) is 0 Å². The zero-order valence-corrected chi connectivity index (χ0v) is 5.52. The maximum atomic E-state index is 10.4. The minimum absolute atomic E-state index is 0.292. The van der Waals surface area contributed by atoms with Crippen LogP contribution in [0.25, 0.3) is 11.1 Å². The van der Waals surface area contributed by atoms with Crippen LogP contribution in [0.3, 0.4) is 0 Å². The smallest absolute Gasteiger partial charge is 0.181 e. The van der Waals surface area contributed by atoms with Gasteiger partial charge in [-0.15, -0.1) is 0 Å². The Morgan fingerprint density at radius 1 is 1.45 bits per heavy atom. The molecule has 54 valence electrons. The Balaban J connectivity index is 2.88. The van der Waals surface area contributed by atoms with Gasteiger partial charge in [0.1, 0.15) is 17.5 Å². The minimum Gasteiger partial charge on any atom is -0.460 e. The van der Waals surface area contributed by atoms with Crippen molar-refractivity contribution >= 4 is 17.4 Å².